The van der Waals surface area contributed by atoms with Crippen LogP contribution in [-0.2, 0) is 20.7 Å². The molecule has 0 bridgehead atoms. The Kier molecular flexibility index (Phi) is 6.76. The van der Waals surface area contributed by atoms with Crippen molar-refractivity contribution in [2.24, 2.45) is 11.8 Å². The third-order valence-electron chi connectivity index (χ3n) is 4.69. The Balaban J connectivity index is 1.84. The Bertz CT molecular complexity index is 575. The summed E-state index contributed by atoms with van der Waals surface area (Å²) in [6.07, 6.45) is 3.63. The van der Waals surface area contributed by atoms with Crippen molar-refractivity contribution >= 4 is 11.9 Å². The third-order valence-corrected chi connectivity index (χ3v) is 4.69. The number of esters is 1. The maximum Gasteiger partial charge on any atom is 0.305 e. The summed E-state index contributed by atoms with van der Waals surface area (Å²) in [6.45, 7) is 3.30. The van der Waals surface area contributed by atoms with Crippen LogP contribution >= 0.6 is 0 Å². The molecule has 1 aliphatic rings. The molecule has 0 unspecified atom stereocenters. The lowest BCUT2D eigenvalue weighted by Crippen LogP contribution is -2.43. The van der Waals surface area contributed by atoms with Gasteiger partial charge in [0.05, 0.1) is 7.11 Å². The van der Waals surface area contributed by atoms with E-state index in [1.165, 1.54) is 19.2 Å². The van der Waals surface area contributed by atoms with Gasteiger partial charge in [-0.25, -0.2) is 4.39 Å². The quantitative estimate of drug-likeness (QED) is 0.750. The fraction of sp³-hybridized carbons (Fsp3) is 0.579. The predicted octanol–water partition coefficient (Wildman–Crippen LogP) is 3.20. The molecular weight excluding hydrogens is 309 g/mol. The number of methoxy groups -OCH3 is 1. The van der Waals surface area contributed by atoms with Crippen molar-refractivity contribution in [3.8, 4) is 0 Å². The van der Waals surface area contributed by atoms with E-state index >= 15 is 0 Å². The summed E-state index contributed by atoms with van der Waals surface area (Å²) in [5, 5.41) is 0. The Hall–Kier alpha value is -1.91. The SMILES string of the molecule is COC(=O)C[C@H]1CCCN(C(=O)[C@@H](C)CCc2cccc(F)c2)C1. The van der Waals surface area contributed by atoms with Crippen LogP contribution in [0.2, 0.25) is 0 Å². The second-order valence-electron chi connectivity index (χ2n) is 6.64. The zero-order valence-corrected chi connectivity index (χ0v) is 14.5. The molecule has 1 aromatic rings. The largest absolute Gasteiger partial charge is 0.469 e. The topological polar surface area (TPSA) is 46.6 Å². The van der Waals surface area contributed by atoms with Gasteiger partial charge in [0.15, 0.2) is 0 Å². The van der Waals surface area contributed by atoms with Crippen LogP contribution in [0.3, 0.4) is 0 Å². The molecule has 2 atom stereocenters. The van der Waals surface area contributed by atoms with Crippen molar-refractivity contribution < 1.29 is 18.7 Å². The number of hydrogen-bond acceptors (Lipinski definition) is 3. The molecule has 1 amide bonds. The van der Waals surface area contributed by atoms with Crippen LogP contribution in [0.4, 0.5) is 4.39 Å². The molecular formula is C19H26FNO3. The Labute approximate surface area is 143 Å². The van der Waals surface area contributed by atoms with Crippen LogP contribution in [0.25, 0.3) is 0 Å². The lowest BCUT2D eigenvalue weighted by Gasteiger charge is -2.34. The van der Waals surface area contributed by atoms with E-state index < -0.39 is 0 Å². The maximum absolute atomic E-state index is 13.2. The molecule has 4 nitrogen and oxygen atoms in total. The highest BCUT2D eigenvalue weighted by Crippen LogP contribution is 2.22. The van der Waals surface area contributed by atoms with Gasteiger partial charge in [-0.2, -0.15) is 0 Å². The lowest BCUT2D eigenvalue weighted by molar-refractivity contribution is -0.144. The van der Waals surface area contributed by atoms with Crippen LogP contribution in [0, 0.1) is 17.7 Å². The zero-order chi connectivity index (χ0) is 17.5. The standard InChI is InChI=1S/C19H26FNO3/c1-14(8-9-15-5-3-7-17(20)11-15)19(23)21-10-4-6-16(13-21)12-18(22)24-2/h3,5,7,11,14,16H,4,6,8-10,12-13H2,1-2H3/t14-,16+/m0/s1. The molecule has 0 radical (unpaired) electrons. The summed E-state index contributed by atoms with van der Waals surface area (Å²) in [4.78, 5) is 25.9. The number of carbonyl (C=O) groups is 2. The Morgan fingerprint density at radius 3 is 2.92 bits per heavy atom. The molecule has 1 aliphatic heterocycles. The number of rotatable bonds is 6. The Morgan fingerprint density at radius 1 is 1.42 bits per heavy atom. The Morgan fingerprint density at radius 2 is 2.21 bits per heavy atom. The molecule has 2 rings (SSSR count). The molecule has 24 heavy (non-hydrogen) atoms. The molecule has 0 spiro atoms. The first kappa shape index (κ1) is 18.4. The van der Waals surface area contributed by atoms with Crippen LogP contribution in [0.15, 0.2) is 24.3 Å². The summed E-state index contributed by atoms with van der Waals surface area (Å²) >= 11 is 0. The summed E-state index contributed by atoms with van der Waals surface area (Å²) in [6, 6.07) is 6.52. The van der Waals surface area contributed by atoms with Gasteiger partial charge in [0.2, 0.25) is 5.91 Å². The first-order chi connectivity index (χ1) is 11.5. The van der Waals surface area contributed by atoms with Crippen molar-refractivity contribution in [2.75, 3.05) is 20.2 Å². The molecule has 1 fully saturated rings. The minimum atomic E-state index is -0.242. The predicted molar refractivity (Wildman–Crippen MR) is 89.8 cm³/mol. The van der Waals surface area contributed by atoms with E-state index in [9.17, 15) is 14.0 Å². The number of ether oxygens (including phenoxy) is 1. The number of hydrogen-bond donors (Lipinski definition) is 0. The summed E-state index contributed by atoms with van der Waals surface area (Å²) in [5.41, 5.74) is 0.914. The fourth-order valence-corrected chi connectivity index (χ4v) is 3.26. The van der Waals surface area contributed by atoms with Gasteiger partial charge in [0.25, 0.3) is 0 Å². The van der Waals surface area contributed by atoms with Gasteiger partial charge in [0, 0.05) is 25.4 Å². The van der Waals surface area contributed by atoms with E-state index in [0.29, 0.717) is 25.8 Å². The van der Waals surface area contributed by atoms with Gasteiger partial charge < -0.3 is 9.64 Å². The number of likely N-dealkylation sites (tertiary alicyclic amines) is 1. The fourth-order valence-electron chi connectivity index (χ4n) is 3.26. The average Bonchev–Trinajstić information content (AvgIpc) is 2.59. The molecule has 0 aromatic heterocycles. The van der Waals surface area contributed by atoms with E-state index in [1.807, 2.05) is 17.9 Å². The van der Waals surface area contributed by atoms with Crippen molar-refractivity contribution in [1.29, 1.82) is 0 Å². The highest BCUT2D eigenvalue weighted by molar-refractivity contribution is 5.78. The number of nitrogens with zero attached hydrogens (tertiary/aromatic N) is 1. The second-order valence-corrected chi connectivity index (χ2v) is 6.64. The van der Waals surface area contributed by atoms with Crippen molar-refractivity contribution in [3.63, 3.8) is 0 Å². The van der Waals surface area contributed by atoms with Crippen molar-refractivity contribution in [1.82, 2.24) is 4.90 Å². The molecule has 0 aliphatic carbocycles. The minimum absolute atomic E-state index is 0.106. The van der Waals surface area contributed by atoms with E-state index in [2.05, 4.69) is 0 Å². The first-order valence-corrected chi connectivity index (χ1v) is 8.59. The highest BCUT2D eigenvalue weighted by Gasteiger charge is 2.28. The zero-order valence-electron chi connectivity index (χ0n) is 14.5. The highest BCUT2D eigenvalue weighted by atomic mass is 19.1. The van der Waals surface area contributed by atoms with Gasteiger partial charge in [-0.1, -0.05) is 19.1 Å². The van der Waals surface area contributed by atoms with Gasteiger partial charge in [0.1, 0.15) is 5.82 Å². The van der Waals surface area contributed by atoms with Crippen LogP contribution in [0.1, 0.15) is 38.2 Å². The van der Waals surface area contributed by atoms with Gasteiger partial charge in [-0.05, 0) is 49.3 Å². The van der Waals surface area contributed by atoms with E-state index in [-0.39, 0.29) is 29.5 Å². The summed E-state index contributed by atoms with van der Waals surface area (Å²) in [7, 11) is 1.39. The average molecular weight is 335 g/mol. The van der Waals surface area contributed by atoms with Crippen LogP contribution in [-0.4, -0.2) is 37.0 Å². The number of halogens is 1. The monoisotopic (exact) mass is 335 g/mol. The number of amides is 1. The lowest BCUT2D eigenvalue weighted by atomic mass is 9.93. The number of benzene rings is 1. The molecule has 1 aromatic carbocycles. The summed E-state index contributed by atoms with van der Waals surface area (Å²) < 4.78 is 17.9. The molecule has 0 saturated carbocycles. The van der Waals surface area contributed by atoms with Crippen LogP contribution < -0.4 is 0 Å². The van der Waals surface area contributed by atoms with E-state index in [4.69, 9.17) is 4.74 Å². The van der Waals surface area contributed by atoms with Crippen molar-refractivity contribution in [2.45, 2.75) is 39.0 Å². The van der Waals surface area contributed by atoms with Crippen molar-refractivity contribution in [3.05, 3.63) is 35.6 Å². The third kappa shape index (κ3) is 5.32. The van der Waals surface area contributed by atoms with E-state index in [0.717, 1.165) is 24.9 Å². The molecule has 132 valence electrons. The van der Waals surface area contributed by atoms with Crippen LogP contribution in [0.5, 0.6) is 0 Å². The normalized spacial score (nSPS) is 19.0. The molecule has 1 heterocycles. The number of piperidine rings is 1. The van der Waals surface area contributed by atoms with Gasteiger partial charge >= 0.3 is 5.97 Å². The van der Waals surface area contributed by atoms with Gasteiger partial charge in [-0.15, -0.1) is 0 Å². The molecule has 1 saturated heterocycles. The van der Waals surface area contributed by atoms with E-state index in [1.54, 1.807) is 6.07 Å². The number of carbonyl (C=O) groups excluding carboxylic acids is 2. The van der Waals surface area contributed by atoms with Gasteiger partial charge in [-0.3, -0.25) is 9.59 Å². The maximum atomic E-state index is 13.2. The molecule has 0 N–H and O–H groups in total. The first-order valence-electron chi connectivity index (χ1n) is 8.59. The second kappa shape index (κ2) is 8.81. The number of aryl methyl sites for hydroxylation is 1. The summed E-state index contributed by atoms with van der Waals surface area (Å²) in [5.74, 6) is -0.252. The molecule has 5 heteroatoms. The minimum Gasteiger partial charge on any atom is -0.469 e. The smallest absolute Gasteiger partial charge is 0.305 e.